The number of methoxy groups -OCH3 is 1. The summed E-state index contributed by atoms with van der Waals surface area (Å²) in [4.78, 5) is 26.2. The van der Waals surface area contributed by atoms with Crippen molar-refractivity contribution in [2.24, 2.45) is 0 Å². The average molecular weight is 291 g/mol. The van der Waals surface area contributed by atoms with Crippen molar-refractivity contribution in [3.05, 3.63) is 23.8 Å². The number of rotatable bonds is 4. The molecule has 0 saturated carbocycles. The molecule has 0 aliphatic carbocycles. The van der Waals surface area contributed by atoms with E-state index in [-0.39, 0.29) is 29.0 Å². The number of likely N-dealkylation sites (tertiary alicyclic amines) is 1. The molecule has 1 unspecified atom stereocenters. The van der Waals surface area contributed by atoms with Crippen LogP contribution >= 0.6 is 0 Å². The number of hydrogen-bond donors (Lipinski definition) is 1. The van der Waals surface area contributed by atoms with Crippen LogP contribution in [0.25, 0.3) is 0 Å². The molecular weight excluding hydrogens is 270 g/mol. The van der Waals surface area contributed by atoms with Crippen molar-refractivity contribution < 1.29 is 19.4 Å². The lowest BCUT2D eigenvalue weighted by atomic mass is 9.96. The Morgan fingerprint density at radius 1 is 1.38 bits per heavy atom. The van der Waals surface area contributed by atoms with Crippen molar-refractivity contribution in [3.8, 4) is 11.5 Å². The van der Waals surface area contributed by atoms with Gasteiger partial charge in [-0.05, 0) is 31.4 Å². The highest BCUT2D eigenvalue weighted by atomic mass is 16.5. The molecule has 1 aliphatic heterocycles. The normalized spacial score (nSPS) is 18.4. The van der Waals surface area contributed by atoms with Crippen molar-refractivity contribution in [2.75, 3.05) is 13.7 Å². The number of Topliss-reactive ketones (excluding diaryl/α,β-unsaturated/α-hetero) is 1. The Morgan fingerprint density at radius 2 is 2.14 bits per heavy atom. The maximum Gasteiger partial charge on any atom is 0.258 e. The third-order valence-corrected chi connectivity index (χ3v) is 3.92. The molecule has 0 aromatic heterocycles. The second-order valence-corrected chi connectivity index (χ2v) is 5.21. The molecule has 0 bridgehead atoms. The van der Waals surface area contributed by atoms with Crippen LogP contribution in [0.15, 0.2) is 18.2 Å². The zero-order valence-corrected chi connectivity index (χ0v) is 12.5. The first-order chi connectivity index (χ1) is 10.1. The van der Waals surface area contributed by atoms with E-state index < -0.39 is 0 Å². The van der Waals surface area contributed by atoms with Gasteiger partial charge >= 0.3 is 0 Å². The fourth-order valence-corrected chi connectivity index (χ4v) is 2.72. The number of hydrogen-bond acceptors (Lipinski definition) is 4. The van der Waals surface area contributed by atoms with Gasteiger partial charge in [-0.15, -0.1) is 0 Å². The summed E-state index contributed by atoms with van der Waals surface area (Å²) in [5, 5.41) is 9.99. The van der Waals surface area contributed by atoms with E-state index in [1.54, 1.807) is 17.0 Å². The fraction of sp³-hybridized carbons (Fsp3) is 0.500. The number of amides is 1. The van der Waals surface area contributed by atoms with Gasteiger partial charge in [-0.1, -0.05) is 6.92 Å². The van der Waals surface area contributed by atoms with Crippen LogP contribution in [-0.4, -0.2) is 41.4 Å². The Morgan fingerprint density at radius 3 is 2.76 bits per heavy atom. The molecule has 5 heteroatoms. The summed E-state index contributed by atoms with van der Waals surface area (Å²) >= 11 is 0. The Kier molecular flexibility index (Phi) is 4.83. The Bertz CT molecular complexity index is 541. The van der Waals surface area contributed by atoms with Gasteiger partial charge in [0, 0.05) is 19.0 Å². The Hall–Kier alpha value is -2.04. The summed E-state index contributed by atoms with van der Waals surface area (Å²) < 4.78 is 5.01. The molecule has 1 heterocycles. The smallest absolute Gasteiger partial charge is 0.258 e. The summed E-state index contributed by atoms with van der Waals surface area (Å²) in [7, 11) is 1.50. The highest BCUT2D eigenvalue weighted by Crippen LogP contribution is 2.27. The van der Waals surface area contributed by atoms with Crippen LogP contribution in [0.1, 0.15) is 43.0 Å². The van der Waals surface area contributed by atoms with E-state index in [9.17, 15) is 14.7 Å². The van der Waals surface area contributed by atoms with Gasteiger partial charge in [-0.25, -0.2) is 0 Å². The van der Waals surface area contributed by atoms with Gasteiger partial charge in [0.25, 0.3) is 5.91 Å². The van der Waals surface area contributed by atoms with Gasteiger partial charge in [0.1, 0.15) is 11.5 Å². The molecule has 1 amide bonds. The van der Waals surface area contributed by atoms with Crippen LogP contribution in [0.3, 0.4) is 0 Å². The number of aromatic hydroxyl groups is 1. The minimum Gasteiger partial charge on any atom is -0.507 e. The lowest BCUT2D eigenvalue weighted by Gasteiger charge is -2.34. The Balaban J connectivity index is 2.26. The third kappa shape index (κ3) is 3.17. The first kappa shape index (κ1) is 15.4. The van der Waals surface area contributed by atoms with Gasteiger partial charge in [0.05, 0.1) is 18.7 Å². The topological polar surface area (TPSA) is 66.8 Å². The molecule has 1 N–H and O–H groups in total. The maximum atomic E-state index is 12.6. The Labute approximate surface area is 124 Å². The molecule has 1 fully saturated rings. The van der Waals surface area contributed by atoms with Crippen LogP contribution in [0.4, 0.5) is 0 Å². The molecule has 5 nitrogen and oxygen atoms in total. The SMILES string of the molecule is CCC(=O)C1CCCCN1C(=O)c1ccc(OC)cc1O. The number of nitrogens with zero attached hydrogens (tertiary/aromatic N) is 1. The lowest BCUT2D eigenvalue weighted by molar-refractivity contribution is -0.124. The number of ketones is 1. The number of ether oxygens (including phenoxy) is 1. The van der Waals surface area contributed by atoms with Gasteiger partial charge in [-0.3, -0.25) is 9.59 Å². The lowest BCUT2D eigenvalue weighted by Crippen LogP contribution is -2.47. The van der Waals surface area contributed by atoms with Gasteiger partial charge in [-0.2, -0.15) is 0 Å². The van der Waals surface area contributed by atoms with E-state index in [2.05, 4.69) is 0 Å². The van der Waals surface area contributed by atoms with Crippen LogP contribution in [0, 0.1) is 0 Å². The van der Waals surface area contributed by atoms with E-state index in [0.717, 1.165) is 12.8 Å². The second-order valence-electron chi connectivity index (χ2n) is 5.21. The van der Waals surface area contributed by atoms with E-state index >= 15 is 0 Å². The predicted octanol–water partition coefficient (Wildman–Crippen LogP) is 2.37. The van der Waals surface area contributed by atoms with Crippen molar-refractivity contribution in [3.63, 3.8) is 0 Å². The average Bonchev–Trinajstić information content (AvgIpc) is 2.53. The molecule has 1 saturated heterocycles. The van der Waals surface area contributed by atoms with Crippen molar-refractivity contribution >= 4 is 11.7 Å². The van der Waals surface area contributed by atoms with E-state index in [0.29, 0.717) is 25.1 Å². The van der Waals surface area contributed by atoms with Crippen molar-refractivity contribution in [1.82, 2.24) is 4.90 Å². The first-order valence-corrected chi connectivity index (χ1v) is 7.29. The second kappa shape index (κ2) is 6.61. The zero-order valence-electron chi connectivity index (χ0n) is 12.5. The van der Waals surface area contributed by atoms with Crippen molar-refractivity contribution in [1.29, 1.82) is 0 Å². The molecule has 21 heavy (non-hydrogen) atoms. The monoisotopic (exact) mass is 291 g/mol. The molecule has 1 aliphatic rings. The fourth-order valence-electron chi connectivity index (χ4n) is 2.72. The number of carbonyl (C=O) groups is 2. The highest BCUT2D eigenvalue weighted by Gasteiger charge is 2.32. The largest absolute Gasteiger partial charge is 0.507 e. The van der Waals surface area contributed by atoms with Crippen LogP contribution in [0.5, 0.6) is 11.5 Å². The molecule has 2 rings (SSSR count). The summed E-state index contributed by atoms with van der Waals surface area (Å²) in [6.07, 6.45) is 2.96. The van der Waals surface area contributed by atoms with Gasteiger partial charge < -0.3 is 14.7 Å². The summed E-state index contributed by atoms with van der Waals surface area (Å²) in [6, 6.07) is 4.22. The standard InChI is InChI=1S/C16H21NO4/c1-3-14(18)13-6-4-5-9-17(13)16(20)12-8-7-11(21-2)10-15(12)19/h7-8,10,13,19H,3-6,9H2,1-2H3. The van der Waals surface area contributed by atoms with E-state index in [1.807, 2.05) is 6.92 Å². The summed E-state index contributed by atoms with van der Waals surface area (Å²) in [6.45, 7) is 2.37. The number of carbonyl (C=O) groups excluding carboxylic acids is 2. The molecule has 1 atom stereocenters. The highest BCUT2D eigenvalue weighted by molar-refractivity contribution is 6.00. The zero-order chi connectivity index (χ0) is 15.4. The minimum atomic E-state index is -0.363. The summed E-state index contributed by atoms with van der Waals surface area (Å²) in [5.74, 6) is 0.161. The van der Waals surface area contributed by atoms with E-state index in [1.165, 1.54) is 13.2 Å². The van der Waals surface area contributed by atoms with Crippen molar-refractivity contribution in [2.45, 2.75) is 38.6 Å². The summed E-state index contributed by atoms with van der Waals surface area (Å²) in [5.41, 5.74) is 0.214. The molecule has 1 aromatic carbocycles. The van der Waals surface area contributed by atoms with Crippen LogP contribution in [0.2, 0.25) is 0 Å². The number of piperidine rings is 1. The third-order valence-electron chi connectivity index (χ3n) is 3.92. The minimum absolute atomic E-state index is 0.0797. The van der Waals surface area contributed by atoms with Gasteiger partial charge in [0.15, 0.2) is 5.78 Å². The predicted molar refractivity (Wildman–Crippen MR) is 78.6 cm³/mol. The quantitative estimate of drug-likeness (QED) is 0.925. The molecule has 0 spiro atoms. The van der Waals surface area contributed by atoms with E-state index in [4.69, 9.17) is 4.74 Å². The van der Waals surface area contributed by atoms with Gasteiger partial charge in [0.2, 0.25) is 0 Å². The molecule has 114 valence electrons. The number of phenolic OH excluding ortho intramolecular Hbond substituents is 1. The maximum absolute atomic E-state index is 12.6. The first-order valence-electron chi connectivity index (χ1n) is 7.29. The molecule has 0 radical (unpaired) electrons. The number of phenols is 1. The van der Waals surface area contributed by atoms with Crippen LogP contribution < -0.4 is 4.74 Å². The molecular formula is C16H21NO4. The van der Waals surface area contributed by atoms with Crippen LogP contribution in [-0.2, 0) is 4.79 Å². The number of benzene rings is 1. The molecule has 1 aromatic rings.